The van der Waals surface area contributed by atoms with E-state index in [1.54, 1.807) is 6.21 Å². The highest BCUT2D eigenvalue weighted by atomic mass is 16.5. The van der Waals surface area contributed by atoms with Crippen LogP contribution in [0.25, 0.3) is 5.70 Å². The molecule has 4 N–H and O–H groups in total. The molecule has 1 aromatic carbocycles. The van der Waals surface area contributed by atoms with Crippen LogP contribution < -0.4 is 11.1 Å². The molecule has 2 atom stereocenters. The zero-order chi connectivity index (χ0) is 20.1. The van der Waals surface area contributed by atoms with E-state index in [2.05, 4.69) is 53.1 Å². The third-order valence-corrected chi connectivity index (χ3v) is 4.84. The summed E-state index contributed by atoms with van der Waals surface area (Å²) in [6, 6.07) is 8.50. The number of nitrogens with zero attached hydrogens (tertiary/aromatic N) is 3. The summed E-state index contributed by atoms with van der Waals surface area (Å²) in [5, 5.41) is 12.8. The number of aromatic nitrogens is 2. The molecule has 1 aliphatic heterocycles. The molecule has 2 unspecified atom stereocenters. The molecule has 0 spiro atoms. The lowest BCUT2D eigenvalue weighted by molar-refractivity contribution is -0.0206. The van der Waals surface area contributed by atoms with Gasteiger partial charge in [0, 0.05) is 12.8 Å². The molecule has 1 aliphatic rings. The zero-order valence-electron chi connectivity index (χ0n) is 16.6. The van der Waals surface area contributed by atoms with E-state index in [1.807, 2.05) is 11.5 Å². The minimum Gasteiger partial charge on any atom is -0.397 e. The second-order valence-electron chi connectivity index (χ2n) is 7.03. The molecule has 0 amide bonds. The van der Waals surface area contributed by atoms with Crippen molar-refractivity contribution >= 4 is 23.7 Å². The average molecular weight is 383 g/mol. The van der Waals surface area contributed by atoms with Crippen molar-refractivity contribution in [2.24, 2.45) is 10.7 Å². The Morgan fingerprint density at radius 2 is 2.18 bits per heavy atom. The summed E-state index contributed by atoms with van der Waals surface area (Å²) in [6.45, 7) is 8.48. The Balaban J connectivity index is 1.84. The number of aliphatic hydroxyl groups excluding tert-OH is 1. The van der Waals surface area contributed by atoms with Crippen LogP contribution in [0.2, 0.25) is 0 Å². The zero-order valence-corrected chi connectivity index (χ0v) is 16.6. The van der Waals surface area contributed by atoms with Gasteiger partial charge in [0.15, 0.2) is 5.82 Å². The molecule has 2 aromatic rings. The molecule has 150 valence electrons. The maximum Gasteiger partial charge on any atom is 0.207 e. The van der Waals surface area contributed by atoms with Crippen LogP contribution >= 0.6 is 0 Å². The number of ether oxygens (including phenoxy) is 1. The van der Waals surface area contributed by atoms with Gasteiger partial charge in [-0.05, 0) is 38.7 Å². The van der Waals surface area contributed by atoms with Crippen molar-refractivity contribution in [1.29, 1.82) is 0 Å². The van der Waals surface area contributed by atoms with E-state index < -0.39 is 0 Å². The van der Waals surface area contributed by atoms with Gasteiger partial charge in [-0.15, -0.1) is 0 Å². The van der Waals surface area contributed by atoms with Gasteiger partial charge >= 0.3 is 0 Å². The molecule has 3 rings (SSSR count). The van der Waals surface area contributed by atoms with E-state index in [-0.39, 0.29) is 18.9 Å². The lowest BCUT2D eigenvalue weighted by atomic mass is 10.1. The average Bonchev–Trinajstić information content (AvgIpc) is 3.28. The molecule has 0 bridgehead atoms. The first-order chi connectivity index (χ1) is 13.5. The van der Waals surface area contributed by atoms with Crippen LogP contribution in [-0.4, -0.2) is 40.1 Å². The number of hydrogen-bond donors (Lipinski definition) is 3. The minimum atomic E-state index is -0.252. The fourth-order valence-corrected chi connectivity index (χ4v) is 3.37. The predicted molar refractivity (Wildman–Crippen MR) is 113 cm³/mol. The van der Waals surface area contributed by atoms with E-state index in [0.717, 1.165) is 19.3 Å². The van der Waals surface area contributed by atoms with Crippen LogP contribution in [0.15, 0.2) is 35.8 Å². The van der Waals surface area contributed by atoms with Crippen molar-refractivity contribution in [2.45, 2.75) is 45.4 Å². The van der Waals surface area contributed by atoms with Crippen molar-refractivity contribution in [2.75, 3.05) is 18.5 Å². The number of benzene rings is 1. The largest absolute Gasteiger partial charge is 0.397 e. The first-order valence-corrected chi connectivity index (χ1v) is 9.64. The smallest absolute Gasteiger partial charge is 0.207 e. The van der Waals surface area contributed by atoms with Crippen molar-refractivity contribution in [3.05, 3.63) is 47.7 Å². The molecule has 7 nitrogen and oxygen atoms in total. The molecular formula is C21H29N5O2. The fraction of sp³-hybridized carbons (Fsp3) is 0.429. The molecule has 28 heavy (non-hydrogen) atoms. The normalized spacial score (nSPS) is 19.4. The Labute approximate surface area is 166 Å². The van der Waals surface area contributed by atoms with Gasteiger partial charge in [-0.3, -0.25) is 4.57 Å². The quantitative estimate of drug-likeness (QED) is 0.608. The SMILES string of the molecule is C=C(N)c1nc(NCCc2ccc(C)cc2)n(C2CCC(CO)O2)c1/N=C\C. The van der Waals surface area contributed by atoms with Gasteiger partial charge in [-0.25, -0.2) is 9.98 Å². The highest BCUT2D eigenvalue weighted by Gasteiger charge is 2.31. The molecule has 1 aromatic heterocycles. The number of nitrogens with two attached hydrogens (primary N) is 1. The van der Waals surface area contributed by atoms with Gasteiger partial charge in [0.1, 0.15) is 11.9 Å². The van der Waals surface area contributed by atoms with Crippen LogP contribution in [0.5, 0.6) is 0 Å². The second-order valence-corrected chi connectivity index (χ2v) is 7.03. The molecule has 1 saturated heterocycles. The Bertz CT molecular complexity index is 841. The Morgan fingerprint density at radius 3 is 2.79 bits per heavy atom. The van der Waals surface area contributed by atoms with Crippen LogP contribution in [0.4, 0.5) is 11.8 Å². The highest BCUT2D eigenvalue weighted by Crippen LogP contribution is 2.37. The number of rotatable bonds is 8. The highest BCUT2D eigenvalue weighted by molar-refractivity contribution is 5.72. The maximum absolute atomic E-state index is 9.42. The van der Waals surface area contributed by atoms with Gasteiger partial charge in [-0.1, -0.05) is 36.4 Å². The Morgan fingerprint density at radius 1 is 1.43 bits per heavy atom. The van der Waals surface area contributed by atoms with Gasteiger partial charge in [0.2, 0.25) is 5.95 Å². The molecule has 2 heterocycles. The fourth-order valence-electron chi connectivity index (χ4n) is 3.37. The predicted octanol–water partition coefficient (Wildman–Crippen LogP) is 3.17. The molecule has 0 aliphatic carbocycles. The third-order valence-electron chi connectivity index (χ3n) is 4.84. The van der Waals surface area contributed by atoms with Crippen LogP contribution in [0, 0.1) is 6.92 Å². The number of anilines is 1. The van der Waals surface area contributed by atoms with Crippen molar-refractivity contribution in [1.82, 2.24) is 9.55 Å². The molecule has 7 heteroatoms. The molecule has 0 saturated carbocycles. The summed E-state index contributed by atoms with van der Waals surface area (Å²) < 4.78 is 7.91. The summed E-state index contributed by atoms with van der Waals surface area (Å²) in [7, 11) is 0. The third kappa shape index (κ3) is 4.43. The standard InChI is InChI=1S/C21H29N5O2/c1-4-23-20-19(15(3)22)25-21(26(20)18-10-9-17(13-27)28-18)24-12-11-16-7-5-14(2)6-8-16/h4-8,17-18,27H,3,9-13,22H2,1-2H3,(H,24,25)/b23-4-. The minimum absolute atomic E-state index is 0.00418. The lowest BCUT2D eigenvalue weighted by Crippen LogP contribution is -2.17. The number of aryl methyl sites for hydroxylation is 1. The van der Waals surface area contributed by atoms with E-state index in [9.17, 15) is 5.11 Å². The van der Waals surface area contributed by atoms with E-state index >= 15 is 0 Å². The maximum atomic E-state index is 9.42. The van der Waals surface area contributed by atoms with E-state index in [1.165, 1.54) is 11.1 Å². The monoisotopic (exact) mass is 383 g/mol. The summed E-state index contributed by atoms with van der Waals surface area (Å²) in [4.78, 5) is 9.11. The van der Waals surface area contributed by atoms with Gasteiger partial charge in [0.05, 0.1) is 18.4 Å². The van der Waals surface area contributed by atoms with E-state index in [0.29, 0.717) is 29.7 Å². The number of aliphatic hydroxyl groups is 1. The van der Waals surface area contributed by atoms with Crippen LogP contribution in [0.3, 0.4) is 0 Å². The van der Waals surface area contributed by atoms with E-state index in [4.69, 9.17) is 10.5 Å². The Hall–Kier alpha value is -2.64. The lowest BCUT2D eigenvalue weighted by Gasteiger charge is -2.18. The summed E-state index contributed by atoms with van der Waals surface area (Å²) in [6.07, 6.45) is 3.71. The molecular weight excluding hydrogens is 354 g/mol. The van der Waals surface area contributed by atoms with Crippen LogP contribution in [-0.2, 0) is 11.2 Å². The first-order valence-electron chi connectivity index (χ1n) is 9.64. The number of nitrogens with one attached hydrogen (secondary N) is 1. The molecule has 1 fully saturated rings. The van der Waals surface area contributed by atoms with Crippen LogP contribution in [0.1, 0.15) is 42.8 Å². The van der Waals surface area contributed by atoms with Crippen molar-refractivity contribution in [3.63, 3.8) is 0 Å². The summed E-state index contributed by atoms with van der Waals surface area (Å²) in [5.74, 6) is 1.27. The topological polar surface area (TPSA) is 97.7 Å². The van der Waals surface area contributed by atoms with Crippen molar-refractivity contribution < 1.29 is 9.84 Å². The summed E-state index contributed by atoms with van der Waals surface area (Å²) >= 11 is 0. The molecule has 0 radical (unpaired) electrons. The summed E-state index contributed by atoms with van der Waals surface area (Å²) in [5.41, 5.74) is 9.37. The van der Waals surface area contributed by atoms with Crippen molar-refractivity contribution in [3.8, 4) is 0 Å². The number of hydrogen-bond acceptors (Lipinski definition) is 6. The first kappa shape index (κ1) is 20.1. The number of aliphatic imine (C=N–C) groups is 1. The number of imidazole rings is 1. The Kier molecular flexibility index (Phi) is 6.49. The van der Waals surface area contributed by atoms with Gasteiger partial charge in [0.25, 0.3) is 0 Å². The van der Waals surface area contributed by atoms with Gasteiger partial charge < -0.3 is 20.9 Å². The van der Waals surface area contributed by atoms with Gasteiger partial charge in [-0.2, -0.15) is 0 Å². The second kappa shape index (κ2) is 9.03.